The number of furan rings is 2. The van der Waals surface area contributed by atoms with Crippen LogP contribution in [0.5, 0.6) is 11.5 Å². The first-order valence-corrected chi connectivity index (χ1v) is 14.5. The third kappa shape index (κ3) is 4.48. The van der Waals surface area contributed by atoms with Gasteiger partial charge in [-0.15, -0.1) is 0 Å². The molecule has 0 saturated carbocycles. The first kappa shape index (κ1) is 31.5. The van der Waals surface area contributed by atoms with Gasteiger partial charge in [-0.25, -0.2) is 4.85 Å². The van der Waals surface area contributed by atoms with Crippen LogP contribution in [0, 0.1) is 17.9 Å². The largest absolute Gasteiger partial charge is 0.497 e. The zero-order valence-corrected chi connectivity index (χ0v) is 25.4. The summed E-state index contributed by atoms with van der Waals surface area (Å²) in [7, 11) is 2.68. The number of fused-ring (bicyclic) bond motifs is 2. The average Bonchev–Trinajstić information content (AvgIpc) is 3.70. The van der Waals surface area contributed by atoms with Gasteiger partial charge in [-0.1, -0.05) is 24.3 Å². The van der Waals surface area contributed by atoms with Crippen LogP contribution >= 0.6 is 0 Å². The lowest BCUT2D eigenvalue weighted by atomic mass is 9.89. The lowest BCUT2D eigenvalue weighted by molar-refractivity contribution is -0.254. The maximum absolute atomic E-state index is 16.4. The van der Waals surface area contributed by atoms with E-state index in [9.17, 15) is 5.26 Å². The third-order valence-electron chi connectivity index (χ3n) is 8.50. The molecule has 1 aliphatic rings. The molecular weight excluding hydrogens is 650 g/mol. The van der Waals surface area contributed by atoms with Gasteiger partial charge in [0.1, 0.15) is 34.2 Å². The van der Waals surface area contributed by atoms with E-state index in [1.165, 1.54) is 99.1 Å². The second-order valence-electron chi connectivity index (χ2n) is 11.2. The van der Waals surface area contributed by atoms with Crippen molar-refractivity contribution in [2.24, 2.45) is 0 Å². The van der Waals surface area contributed by atoms with Crippen LogP contribution in [0.4, 0.5) is 32.0 Å². The molecule has 0 spiro atoms. The van der Waals surface area contributed by atoms with Crippen molar-refractivity contribution in [3.05, 3.63) is 113 Å². The fourth-order valence-corrected chi connectivity index (χ4v) is 6.08. The van der Waals surface area contributed by atoms with Gasteiger partial charge in [-0.2, -0.15) is 31.6 Å². The summed E-state index contributed by atoms with van der Waals surface area (Å²) in [4.78, 5) is 3.31. The number of rotatable bonds is 6. The molecule has 0 saturated heterocycles. The summed E-state index contributed by atoms with van der Waals surface area (Å²) in [6, 6.07) is 20.6. The van der Waals surface area contributed by atoms with Crippen LogP contribution < -0.4 is 9.47 Å². The SMILES string of the molecule is [C-]#[N+]c1ccc(-c2oc3cc(OC)ccc3c2C2=C(c3c(-c4ccc(C#N)cc4)oc4cc(OC)ccc34)C(F)(F)C(F)(F)C2(F)F)cc1. The lowest BCUT2D eigenvalue weighted by Gasteiger charge is -2.26. The summed E-state index contributed by atoms with van der Waals surface area (Å²) in [6.07, 6.45) is 0. The number of nitrogens with zero attached hydrogens (tertiary/aromatic N) is 2. The molecule has 4 aromatic carbocycles. The Bertz CT molecular complexity index is 2240. The molecule has 0 radical (unpaired) electrons. The van der Waals surface area contributed by atoms with Crippen LogP contribution in [-0.2, 0) is 0 Å². The van der Waals surface area contributed by atoms with E-state index in [4.69, 9.17) is 24.9 Å². The normalized spacial score (nSPS) is 16.1. The van der Waals surface area contributed by atoms with Gasteiger partial charge in [-0.05, 0) is 48.5 Å². The number of alkyl halides is 6. The molecule has 0 unspecified atom stereocenters. The number of ether oxygens (including phenoxy) is 2. The fraction of sp³-hybridized carbons (Fsp3) is 0.135. The Morgan fingerprint density at radius 3 is 1.47 bits per heavy atom. The summed E-state index contributed by atoms with van der Waals surface area (Å²) in [5.74, 6) is -17.2. The smallest absolute Gasteiger partial charge is 0.380 e. The summed E-state index contributed by atoms with van der Waals surface area (Å²) in [6.45, 7) is 7.26. The van der Waals surface area contributed by atoms with Crippen molar-refractivity contribution in [3.8, 4) is 40.2 Å². The van der Waals surface area contributed by atoms with Crippen molar-refractivity contribution in [3.63, 3.8) is 0 Å². The minimum Gasteiger partial charge on any atom is -0.497 e. The van der Waals surface area contributed by atoms with E-state index in [2.05, 4.69) is 4.85 Å². The average molecular weight is 671 g/mol. The second-order valence-corrected chi connectivity index (χ2v) is 11.2. The molecule has 0 bridgehead atoms. The number of benzene rings is 4. The van der Waals surface area contributed by atoms with Gasteiger partial charge in [-0.3, -0.25) is 0 Å². The van der Waals surface area contributed by atoms with Gasteiger partial charge >= 0.3 is 17.8 Å². The second kappa shape index (κ2) is 11.0. The zero-order chi connectivity index (χ0) is 34.9. The van der Waals surface area contributed by atoms with E-state index in [1.807, 2.05) is 6.07 Å². The molecule has 0 atom stereocenters. The van der Waals surface area contributed by atoms with Crippen molar-refractivity contribution >= 4 is 38.8 Å². The number of hydrogen-bond acceptors (Lipinski definition) is 5. The zero-order valence-electron chi connectivity index (χ0n) is 25.4. The van der Waals surface area contributed by atoms with Crippen LogP contribution in [0.15, 0.2) is 93.8 Å². The van der Waals surface area contributed by atoms with Gasteiger partial charge in [0, 0.05) is 56.3 Å². The van der Waals surface area contributed by atoms with Crippen molar-refractivity contribution in [2.45, 2.75) is 17.8 Å². The minimum atomic E-state index is -5.91. The molecule has 244 valence electrons. The highest BCUT2D eigenvalue weighted by atomic mass is 19.3. The third-order valence-corrected chi connectivity index (χ3v) is 8.50. The Kier molecular flexibility index (Phi) is 7.04. The van der Waals surface area contributed by atoms with Crippen molar-refractivity contribution in [1.29, 1.82) is 5.26 Å². The standard InChI is InChI=1S/C37H20F6N2O4/c1-45-22-10-8-21(9-11-22)34-30(26-15-13-24(47-3)17-28(26)49-34)32-31(35(38,39)37(42,43)36(32,40)41)29-25-14-12-23(46-2)16-27(25)48-33(29)20-6-4-19(18-44)5-7-20/h4-17H,2-3H3. The summed E-state index contributed by atoms with van der Waals surface area (Å²) >= 11 is 0. The van der Waals surface area contributed by atoms with Crippen LogP contribution in [-0.4, -0.2) is 32.0 Å². The van der Waals surface area contributed by atoms with Gasteiger partial charge in [0.15, 0.2) is 5.69 Å². The highest BCUT2D eigenvalue weighted by molar-refractivity contribution is 6.15. The van der Waals surface area contributed by atoms with E-state index in [0.717, 1.165) is 0 Å². The van der Waals surface area contributed by atoms with E-state index in [1.54, 1.807) is 0 Å². The highest BCUT2D eigenvalue weighted by Crippen LogP contribution is 2.67. The van der Waals surface area contributed by atoms with Crippen LogP contribution in [0.25, 0.3) is 60.6 Å². The Balaban J connectivity index is 1.67. The molecule has 12 heteroatoms. The Morgan fingerprint density at radius 2 is 1.08 bits per heavy atom. The summed E-state index contributed by atoms with van der Waals surface area (Å²) in [5.41, 5.74) is -4.43. The first-order chi connectivity index (χ1) is 23.4. The number of halogens is 6. The van der Waals surface area contributed by atoms with E-state index in [-0.39, 0.29) is 55.8 Å². The predicted octanol–water partition coefficient (Wildman–Crippen LogP) is 10.8. The van der Waals surface area contributed by atoms with Crippen LogP contribution in [0.2, 0.25) is 0 Å². The number of methoxy groups -OCH3 is 2. The van der Waals surface area contributed by atoms with Crippen molar-refractivity contribution in [2.75, 3.05) is 14.2 Å². The van der Waals surface area contributed by atoms with Crippen LogP contribution in [0.1, 0.15) is 16.7 Å². The van der Waals surface area contributed by atoms with Gasteiger partial charge in [0.2, 0.25) is 0 Å². The van der Waals surface area contributed by atoms with Gasteiger partial charge in [0.05, 0.1) is 32.4 Å². The van der Waals surface area contributed by atoms with E-state index in [0.29, 0.717) is 0 Å². The molecule has 0 amide bonds. The molecule has 7 rings (SSSR count). The summed E-state index contributed by atoms with van der Waals surface area (Å²) in [5, 5.41) is 8.96. The molecule has 49 heavy (non-hydrogen) atoms. The topological polar surface area (TPSA) is 72.9 Å². The Labute approximate surface area is 273 Å². The highest BCUT2D eigenvalue weighted by Gasteiger charge is 2.81. The molecule has 6 aromatic rings. The molecule has 2 heterocycles. The number of hydrogen-bond donors (Lipinski definition) is 0. The molecule has 0 N–H and O–H groups in total. The fourth-order valence-electron chi connectivity index (χ4n) is 6.08. The number of nitriles is 1. The molecule has 2 aromatic heterocycles. The van der Waals surface area contributed by atoms with Crippen LogP contribution in [0.3, 0.4) is 0 Å². The molecule has 0 fully saturated rings. The monoisotopic (exact) mass is 670 g/mol. The van der Waals surface area contributed by atoms with E-state index >= 15 is 26.3 Å². The minimum absolute atomic E-state index is 0.0575. The lowest BCUT2D eigenvalue weighted by Crippen LogP contribution is -2.48. The van der Waals surface area contributed by atoms with E-state index < -0.39 is 51.6 Å². The molecule has 0 aliphatic heterocycles. The molecule has 6 nitrogen and oxygen atoms in total. The Hall–Kier alpha value is -6.14. The maximum Gasteiger partial charge on any atom is 0.380 e. The van der Waals surface area contributed by atoms with Gasteiger partial charge in [0.25, 0.3) is 0 Å². The maximum atomic E-state index is 16.4. The number of allylic oxidation sites excluding steroid dienone is 2. The Morgan fingerprint density at radius 1 is 0.653 bits per heavy atom. The summed E-state index contributed by atoms with van der Waals surface area (Å²) < 4.78 is 120. The predicted molar refractivity (Wildman–Crippen MR) is 169 cm³/mol. The molecule has 1 aliphatic carbocycles. The molecular formula is C37H20F6N2O4. The van der Waals surface area contributed by atoms with Crippen molar-refractivity contribution < 1.29 is 44.7 Å². The quantitative estimate of drug-likeness (QED) is 0.130. The van der Waals surface area contributed by atoms with Crippen molar-refractivity contribution in [1.82, 2.24) is 0 Å². The first-order valence-electron chi connectivity index (χ1n) is 14.5. The van der Waals surface area contributed by atoms with Gasteiger partial charge < -0.3 is 18.3 Å².